The van der Waals surface area contributed by atoms with E-state index in [1.54, 1.807) is 0 Å². The summed E-state index contributed by atoms with van der Waals surface area (Å²) in [4.78, 5) is 19.0. The van der Waals surface area contributed by atoms with Crippen molar-refractivity contribution in [1.82, 2.24) is 9.88 Å². The number of ether oxygens (including phenoxy) is 1. The van der Waals surface area contributed by atoms with Crippen molar-refractivity contribution in [3.05, 3.63) is 11.1 Å². The summed E-state index contributed by atoms with van der Waals surface area (Å²) in [5, 5.41) is 5.54. The second-order valence-corrected chi connectivity index (χ2v) is 6.71. The molecule has 2 heterocycles. The van der Waals surface area contributed by atoms with Crippen LogP contribution in [-0.4, -0.2) is 47.6 Å². The summed E-state index contributed by atoms with van der Waals surface area (Å²) in [5.74, 6) is -0.0905. The number of aromatic nitrogens is 1. The highest BCUT2D eigenvalue weighted by Crippen LogP contribution is 2.29. The maximum atomic E-state index is 12.2. The Morgan fingerprint density at radius 2 is 2.14 bits per heavy atom. The number of amides is 1. The molecule has 3 N–H and O–H groups in total. The number of carbonyl (C=O) groups excluding carboxylic acids is 1. The largest absolute Gasteiger partial charge is 0.379 e. The molecular weight excluding hydrogens is 288 g/mol. The van der Waals surface area contributed by atoms with Gasteiger partial charge in [-0.2, -0.15) is 0 Å². The van der Waals surface area contributed by atoms with Gasteiger partial charge in [-0.05, 0) is 12.8 Å². The fraction of sp³-hybridized carbons (Fsp3) is 0.714. The van der Waals surface area contributed by atoms with Gasteiger partial charge in [-0.15, -0.1) is 11.3 Å². The first kappa shape index (κ1) is 14.9. The van der Waals surface area contributed by atoms with Crippen molar-refractivity contribution >= 4 is 22.4 Å². The van der Waals surface area contributed by atoms with E-state index in [1.807, 2.05) is 5.38 Å². The van der Waals surface area contributed by atoms with Crippen LogP contribution < -0.4 is 11.1 Å². The molecule has 0 spiro atoms. The van der Waals surface area contributed by atoms with Crippen molar-refractivity contribution in [1.29, 1.82) is 0 Å². The highest BCUT2D eigenvalue weighted by Gasteiger charge is 2.37. The molecule has 1 aliphatic carbocycles. The fourth-order valence-corrected chi connectivity index (χ4v) is 3.58. The van der Waals surface area contributed by atoms with Crippen molar-refractivity contribution in [2.24, 2.45) is 5.73 Å². The lowest BCUT2D eigenvalue weighted by Gasteiger charge is -2.25. The van der Waals surface area contributed by atoms with Crippen LogP contribution in [-0.2, 0) is 16.1 Å². The summed E-state index contributed by atoms with van der Waals surface area (Å²) in [5.41, 5.74) is 6.45. The average Bonchev–Trinajstić information content (AvgIpc) is 3.10. The maximum Gasteiger partial charge on any atom is 0.246 e. The lowest BCUT2D eigenvalue weighted by Crippen LogP contribution is -2.48. The second-order valence-electron chi connectivity index (χ2n) is 5.85. The molecule has 21 heavy (non-hydrogen) atoms. The van der Waals surface area contributed by atoms with E-state index in [2.05, 4.69) is 15.2 Å². The molecule has 1 aromatic rings. The highest BCUT2D eigenvalue weighted by atomic mass is 32.1. The Balaban J connectivity index is 1.56. The van der Waals surface area contributed by atoms with Crippen LogP contribution in [0, 0.1) is 0 Å². The zero-order valence-electron chi connectivity index (χ0n) is 12.1. The Morgan fingerprint density at radius 1 is 1.43 bits per heavy atom. The predicted molar refractivity (Wildman–Crippen MR) is 82.2 cm³/mol. The SMILES string of the molecule is NC1(C(=O)Nc2nc(CN3CCOCC3)cs2)CCCC1. The molecule has 1 aromatic heterocycles. The zero-order chi connectivity index (χ0) is 14.7. The standard InChI is InChI=1S/C14H22N4O2S/c15-14(3-1-2-4-14)12(19)17-13-16-11(10-21-13)9-18-5-7-20-8-6-18/h10H,1-9,15H2,(H,16,17,19). The summed E-state index contributed by atoms with van der Waals surface area (Å²) in [6.45, 7) is 4.24. The van der Waals surface area contributed by atoms with E-state index in [-0.39, 0.29) is 5.91 Å². The number of nitrogens with zero attached hydrogens (tertiary/aromatic N) is 2. The Kier molecular flexibility index (Phi) is 4.54. The smallest absolute Gasteiger partial charge is 0.246 e. The lowest BCUT2D eigenvalue weighted by molar-refractivity contribution is -0.121. The van der Waals surface area contributed by atoms with Crippen LogP contribution in [0.4, 0.5) is 5.13 Å². The third-order valence-corrected chi connectivity index (χ3v) is 5.02. The van der Waals surface area contributed by atoms with Gasteiger partial charge in [-0.1, -0.05) is 12.8 Å². The average molecular weight is 310 g/mol. The van der Waals surface area contributed by atoms with Crippen molar-refractivity contribution in [3.63, 3.8) is 0 Å². The van der Waals surface area contributed by atoms with E-state index >= 15 is 0 Å². The van der Waals surface area contributed by atoms with Crippen LogP contribution in [0.25, 0.3) is 0 Å². The van der Waals surface area contributed by atoms with Crippen molar-refractivity contribution in [2.75, 3.05) is 31.6 Å². The number of rotatable bonds is 4. The molecule has 0 bridgehead atoms. The predicted octanol–water partition coefficient (Wildman–Crippen LogP) is 1.19. The summed E-state index contributed by atoms with van der Waals surface area (Å²) in [6, 6.07) is 0. The quantitative estimate of drug-likeness (QED) is 0.873. The van der Waals surface area contributed by atoms with Crippen LogP contribution in [0.1, 0.15) is 31.4 Å². The minimum Gasteiger partial charge on any atom is -0.379 e. The Hall–Kier alpha value is -1.02. The fourth-order valence-electron chi connectivity index (χ4n) is 2.88. The molecule has 0 unspecified atom stereocenters. The molecule has 0 aromatic carbocycles. The van der Waals surface area contributed by atoms with Crippen LogP contribution in [0.15, 0.2) is 5.38 Å². The first-order chi connectivity index (χ1) is 10.2. The van der Waals surface area contributed by atoms with Gasteiger partial charge in [0.15, 0.2) is 5.13 Å². The number of thiazole rings is 1. The van der Waals surface area contributed by atoms with Gasteiger partial charge in [0.25, 0.3) is 0 Å². The molecule has 1 saturated heterocycles. The third-order valence-electron chi connectivity index (χ3n) is 4.21. The molecule has 0 atom stereocenters. The Morgan fingerprint density at radius 3 is 2.86 bits per heavy atom. The minimum absolute atomic E-state index is 0.0905. The number of nitrogens with one attached hydrogen (secondary N) is 1. The summed E-state index contributed by atoms with van der Waals surface area (Å²) < 4.78 is 5.33. The third kappa shape index (κ3) is 3.60. The Bertz CT molecular complexity index is 493. The molecule has 1 aliphatic heterocycles. The Labute approximate surface area is 128 Å². The van der Waals surface area contributed by atoms with E-state index in [0.29, 0.717) is 5.13 Å². The van der Waals surface area contributed by atoms with Crippen molar-refractivity contribution in [3.8, 4) is 0 Å². The van der Waals surface area contributed by atoms with Crippen LogP contribution in [0.5, 0.6) is 0 Å². The van der Waals surface area contributed by atoms with Gasteiger partial charge < -0.3 is 15.8 Å². The number of morpholine rings is 1. The molecule has 7 heteroatoms. The van der Waals surface area contributed by atoms with Crippen LogP contribution >= 0.6 is 11.3 Å². The van der Waals surface area contributed by atoms with Gasteiger partial charge >= 0.3 is 0 Å². The molecular formula is C14H22N4O2S. The second kappa shape index (κ2) is 6.39. The topological polar surface area (TPSA) is 80.5 Å². The van der Waals surface area contributed by atoms with Crippen LogP contribution in [0.3, 0.4) is 0 Å². The zero-order valence-corrected chi connectivity index (χ0v) is 13.0. The molecule has 116 valence electrons. The van der Waals surface area contributed by atoms with Gasteiger partial charge in [0, 0.05) is 25.0 Å². The van der Waals surface area contributed by atoms with Gasteiger partial charge in [0.1, 0.15) is 0 Å². The van der Waals surface area contributed by atoms with Gasteiger partial charge in [-0.25, -0.2) is 4.98 Å². The van der Waals surface area contributed by atoms with E-state index in [0.717, 1.165) is 64.2 Å². The molecule has 1 saturated carbocycles. The monoisotopic (exact) mass is 310 g/mol. The molecule has 6 nitrogen and oxygen atoms in total. The molecule has 3 rings (SSSR count). The van der Waals surface area contributed by atoms with Gasteiger partial charge in [0.2, 0.25) is 5.91 Å². The number of nitrogens with two attached hydrogens (primary N) is 1. The normalized spacial score (nSPS) is 22.3. The summed E-state index contributed by atoms with van der Waals surface area (Å²) >= 11 is 1.47. The summed E-state index contributed by atoms with van der Waals surface area (Å²) in [6.07, 6.45) is 3.60. The lowest BCUT2D eigenvalue weighted by atomic mass is 9.98. The van der Waals surface area contributed by atoms with Crippen molar-refractivity contribution < 1.29 is 9.53 Å². The minimum atomic E-state index is -0.698. The van der Waals surface area contributed by atoms with Crippen molar-refractivity contribution in [2.45, 2.75) is 37.8 Å². The van der Waals surface area contributed by atoms with Gasteiger partial charge in [-0.3, -0.25) is 9.69 Å². The van der Waals surface area contributed by atoms with Crippen LogP contribution in [0.2, 0.25) is 0 Å². The van der Waals surface area contributed by atoms with E-state index in [9.17, 15) is 4.79 Å². The highest BCUT2D eigenvalue weighted by molar-refractivity contribution is 7.13. The van der Waals surface area contributed by atoms with E-state index in [4.69, 9.17) is 10.5 Å². The van der Waals surface area contributed by atoms with E-state index < -0.39 is 5.54 Å². The maximum absolute atomic E-state index is 12.2. The molecule has 1 amide bonds. The first-order valence-electron chi connectivity index (χ1n) is 7.51. The molecule has 2 aliphatic rings. The molecule has 2 fully saturated rings. The number of hydrogen-bond donors (Lipinski definition) is 2. The number of carbonyl (C=O) groups is 1. The number of hydrogen-bond acceptors (Lipinski definition) is 6. The summed E-state index contributed by atoms with van der Waals surface area (Å²) in [7, 11) is 0. The first-order valence-corrected chi connectivity index (χ1v) is 8.38. The van der Waals surface area contributed by atoms with E-state index in [1.165, 1.54) is 11.3 Å². The van der Waals surface area contributed by atoms with Gasteiger partial charge in [0.05, 0.1) is 24.4 Å². The number of anilines is 1. The molecule has 0 radical (unpaired) electrons.